The molecule has 2 saturated heterocycles. The van der Waals surface area contributed by atoms with Gasteiger partial charge in [-0.25, -0.2) is 32.4 Å². The molecule has 2 unspecified atom stereocenters. The third kappa shape index (κ3) is 22.6. The van der Waals surface area contributed by atoms with Crippen molar-refractivity contribution in [3.05, 3.63) is 70.8 Å². The Kier molecular flexibility index (Phi) is 22.7. The van der Waals surface area contributed by atoms with Crippen molar-refractivity contribution in [1.29, 1.82) is 10.5 Å². The van der Waals surface area contributed by atoms with Crippen molar-refractivity contribution in [3.8, 4) is 11.8 Å². The summed E-state index contributed by atoms with van der Waals surface area (Å²) in [5, 5.41) is 27.4. The number of rotatable bonds is 4. The van der Waals surface area contributed by atoms with E-state index in [4.69, 9.17) is 19.5 Å². The molecule has 0 spiro atoms. The lowest BCUT2D eigenvalue weighted by Crippen LogP contribution is -2.39. The van der Waals surface area contributed by atoms with Crippen molar-refractivity contribution in [2.75, 3.05) is 26.3 Å². The molecule has 2 heterocycles. The van der Waals surface area contributed by atoms with Crippen LogP contribution in [0.3, 0.4) is 0 Å². The molecule has 324 valence electrons. The monoisotopic (exact) mass is 848 g/mol. The summed E-state index contributed by atoms with van der Waals surface area (Å²) in [6.45, 7) is 22.5. The van der Waals surface area contributed by atoms with E-state index in [1.165, 1.54) is 34.1 Å². The lowest BCUT2D eigenvalue weighted by atomic mass is 9.96. The number of nitriles is 2. The second-order valence-electron chi connectivity index (χ2n) is 16.1. The maximum Gasteiger partial charge on any atom is 0.762 e. The minimum atomic E-state index is -3.67. The zero-order valence-corrected chi connectivity index (χ0v) is 36.0. The van der Waals surface area contributed by atoms with Gasteiger partial charge in [0.05, 0.1) is 6.07 Å². The standard InChI is InChI=1S/C16H18F2N2O2.C15H19F2NO3.C4H9NSi.C4H10O.BF3/c1-16(2,3)22-15(21)20-9-11(6-14(20)8-19)10-4-12(17)7-13(18)5-10;1-15(2,3)21-14(20)18-8-10(6-13(18)19)9-4-11(16)7-12(17)5-9;1-6(2,3)4-5;1-3-5-4-2;2-1(3)4/h4-5,7,11,14H,6,9H2,1-3H3;4-5,7,10,13,19H,6,8H2,1-3H3;1-3H3;3-4H2,1-2H3;/t11-,14?;10-,13?;;;/m11.../s1. The van der Waals surface area contributed by atoms with E-state index in [-0.39, 0.29) is 31.3 Å². The second kappa shape index (κ2) is 24.6. The number of hydrogen-bond donors (Lipinski definition) is 1. The van der Waals surface area contributed by atoms with E-state index in [1.807, 2.05) is 39.6 Å². The van der Waals surface area contributed by atoms with E-state index in [2.05, 4.69) is 5.69 Å². The van der Waals surface area contributed by atoms with Crippen LogP contribution in [-0.4, -0.2) is 92.5 Å². The summed E-state index contributed by atoms with van der Waals surface area (Å²) in [4.78, 5) is 26.6. The van der Waals surface area contributed by atoms with Crippen molar-refractivity contribution < 1.29 is 59.4 Å². The van der Waals surface area contributed by atoms with Gasteiger partial charge in [0, 0.05) is 62.4 Å². The minimum absolute atomic E-state index is 0.166. The van der Waals surface area contributed by atoms with Crippen LogP contribution in [0.15, 0.2) is 36.4 Å². The Morgan fingerprint density at radius 1 is 0.741 bits per heavy atom. The number of benzene rings is 2. The highest BCUT2D eigenvalue weighted by atomic mass is 28.3. The molecule has 19 heteroatoms. The van der Waals surface area contributed by atoms with Crippen LogP contribution in [0.5, 0.6) is 0 Å². The maximum absolute atomic E-state index is 13.3. The minimum Gasteiger partial charge on any atom is -0.444 e. The van der Waals surface area contributed by atoms with Crippen molar-refractivity contribution in [1.82, 2.24) is 9.80 Å². The van der Waals surface area contributed by atoms with Crippen molar-refractivity contribution in [2.45, 2.75) is 123 Å². The van der Waals surface area contributed by atoms with Crippen LogP contribution in [-0.2, 0) is 14.2 Å². The summed E-state index contributed by atoms with van der Waals surface area (Å²) in [6, 6.07) is 7.89. The summed E-state index contributed by atoms with van der Waals surface area (Å²) in [7, 11) is -4.99. The molecule has 2 aliphatic heterocycles. The van der Waals surface area contributed by atoms with Gasteiger partial charge in [0.15, 0.2) is 8.07 Å². The quantitative estimate of drug-likeness (QED) is 0.237. The number of ether oxygens (including phenoxy) is 3. The first-order valence-corrected chi connectivity index (χ1v) is 22.0. The normalized spacial score (nSPS) is 18.6. The Morgan fingerprint density at radius 3 is 1.36 bits per heavy atom. The third-order valence-corrected chi connectivity index (χ3v) is 8.11. The number of aliphatic hydroxyl groups is 1. The van der Waals surface area contributed by atoms with E-state index in [0.29, 0.717) is 17.5 Å². The Balaban J connectivity index is 0.000000833. The highest BCUT2D eigenvalue weighted by molar-refractivity contribution is 6.83. The fourth-order valence-electron chi connectivity index (χ4n) is 5.12. The van der Waals surface area contributed by atoms with Crippen LogP contribution < -0.4 is 0 Å². The average Bonchev–Trinajstić information content (AvgIpc) is 3.67. The first-order chi connectivity index (χ1) is 26.6. The summed E-state index contributed by atoms with van der Waals surface area (Å²) in [5.41, 5.74) is 1.79. The van der Waals surface area contributed by atoms with Gasteiger partial charge in [0.2, 0.25) is 0 Å². The number of nitrogens with zero attached hydrogens (tertiary/aromatic N) is 4. The molecule has 0 bridgehead atoms. The van der Waals surface area contributed by atoms with Gasteiger partial charge in [-0.1, -0.05) is 19.6 Å². The Morgan fingerprint density at radius 2 is 1.07 bits per heavy atom. The molecule has 0 radical (unpaired) electrons. The lowest BCUT2D eigenvalue weighted by Gasteiger charge is -2.26. The van der Waals surface area contributed by atoms with Gasteiger partial charge in [-0.2, -0.15) is 5.26 Å². The number of carbonyl (C=O) groups excluding carboxylic acids is 2. The van der Waals surface area contributed by atoms with Gasteiger partial charge in [-0.3, -0.25) is 22.7 Å². The summed E-state index contributed by atoms with van der Waals surface area (Å²) in [5.74, 6) is -3.29. The fraction of sp³-hybridized carbons (Fsp3) is 0.590. The number of carbonyl (C=O) groups is 2. The molecular weight excluding hydrogens is 792 g/mol. The van der Waals surface area contributed by atoms with Crippen LogP contribution >= 0.6 is 0 Å². The van der Waals surface area contributed by atoms with Gasteiger partial charge in [0.25, 0.3) is 0 Å². The molecule has 2 fully saturated rings. The van der Waals surface area contributed by atoms with Crippen LogP contribution in [0.1, 0.15) is 91.2 Å². The molecule has 0 aromatic heterocycles. The molecule has 1 N–H and O–H groups in total. The maximum atomic E-state index is 13.3. The van der Waals surface area contributed by atoms with Gasteiger partial charge in [0.1, 0.15) is 46.7 Å². The molecule has 4 atom stereocenters. The molecule has 0 saturated carbocycles. The molecule has 2 aromatic carbocycles. The first kappa shape index (κ1) is 53.7. The van der Waals surface area contributed by atoms with Gasteiger partial charge >= 0.3 is 19.7 Å². The van der Waals surface area contributed by atoms with Crippen molar-refractivity contribution in [2.24, 2.45) is 0 Å². The topological polar surface area (TPSA) is 136 Å². The van der Waals surface area contributed by atoms with E-state index in [1.54, 1.807) is 41.5 Å². The van der Waals surface area contributed by atoms with E-state index in [9.17, 15) is 50.5 Å². The highest BCUT2D eigenvalue weighted by Gasteiger charge is 2.39. The van der Waals surface area contributed by atoms with Crippen molar-refractivity contribution >= 4 is 27.8 Å². The number of aliphatic hydroxyl groups excluding tert-OH is 1. The van der Waals surface area contributed by atoms with Crippen LogP contribution in [0.2, 0.25) is 19.6 Å². The molecular formula is C39H56BF7N4O6Si. The predicted molar refractivity (Wildman–Crippen MR) is 209 cm³/mol. The largest absolute Gasteiger partial charge is 0.762 e. The van der Waals surface area contributed by atoms with E-state index in [0.717, 1.165) is 25.3 Å². The van der Waals surface area contributed by atoms with Gasteiger partial charge in [-0.15, -0.1) is 0 Å². The Labute approximate surface area is 339 Å². The summed E-state index contributed by atoms with van der Waals surface area (Å²) in [6.07, 6.45) is -1.68. The van der Waals surface area contributed by atoms with Gasteiger partial charge < -0.3 is 19.3 Å². The average molecular weight is 849 g/mol. The van der Waals surface area contributed by atoms with Crippen molar-refractivity contribution in [3.63, 3.8) is 0 Å². The second-order valence-corrected chi connectivity index (χ2v) is 20.8. The summed E-state index contributed by atoms with van der Waals surface area (Å²) < 4.78 is 97.5. The zero-order valence-electron chi connectivity index (χ0n) is 35.0. The Bertz CT molecular complexity index is 1630. The zero-order chi connectivity index (χ0) is 45.2. The van der Waals surface area contributed by atoms with Crippen LogP contribution in [0, 0.1) is 45.6 Å². The molecule has 58 heavy (non-hydrogen) atoms. The number of halogens is 7. The summed E-state index contributed by atoms with van der Waals surface area (Å²) >= 11 is 0. The molecule has 10 nitrogen and oxygen atoms in total. The molecule has 2 aliphatic rings. The van der Waals surface area contributed by atoms with E-state index < -0.39 is 74.5 Å². The molecule has 2 aromatic rings. The van der Waals surface area contributed by atoms with E-state index >= 15 is 0 Å². The number of hydrogen-bond acceptors (Lipinski definition) is 8. The SMILES string of the molecule is CC(C)(C)OC(=O)N1C[C@H](c2cc(F)cc(F)c2)CC1C#N.CC(C)(C)OC(=O)N1C[C@H](c2cc(F)cc(F)c2)CC1O.CCOCC.C[Si](C)(C)C#N.FB(F)F. The molecule has 4 rings (SSSR count). The van der Waals surface area contributed by atoms with Crippen LogP contribution in [0.25, 0.3) is 0 Å². The molecule has 0 aliphatic carbocycles. The van der Waals surface area contributed by atoms with Crippen LogP contribution in [0.4, 0.5) is 40.1 Å². The lowest BCUT2D eigenvalue weighted by molar-refractivity contribution is -0.0129. The smallest absolute Gasteiger partial charge is 0.444 e. The number of amides is 2. The van der Waals surface area contributed by atoms with Gasteiger partial charge in [-0.05, 0) is 97.2 Å². The number of likely N-dealkylation sites (tertiary alicyclic amines) is 2. The Hall–Kier alpha value is -4.33. The fourth-order valence-corrected chi connectivity index (χ4v) is 5.12. The predicted octanol–water partition coefficient (Wildman–Crippen LogP) is 9.90. The first-order valence-electron chi connectivity index (χ1n) is 18.5. The highest BCUT2D eigenvalue weighted by Crippen LogP contribution is 2.34. The third-order valence-electron chi connectivity index (χ3n) is 7.43. The molecule has 2 amide bonds.